The number of ether oxygens (including phenoxy) is 2. The maximum absolute atomic E-state index is 13.1. The number of rotatable bonds is 10. The summed E-state index contributed by atoms with van der Waals surface area (Å²) in [5.74, 6) is -0.495. The molecule has 0 unspecified atom stereocenters. The van der Waals surface area contributed by atoms with Gasteiger partial charge in [-0.1, -0.05) is 63.2 Å². The fourth-order valence-electron chi connectivity index (χ4n) is 5.01. The van der Waals surface area contributed by atoms with Gasteiger partial charge in [-0.05, 0) is 96.5 Å². The zero-order valence-electron chi connectivity index (χ0n) is 28.5. The molecule has 0 radical (unpaired) electrons. The van der Waals surface area contributed by atoms with Crippen molar-refractivity contribution in [1.29, 1.82) is 0 Å². The van der Waals surface area contributed by atoms with Crippen molar-refractivity contribution in [2.24, 2.45) is 5.41 Å². The molecule has 0 aliphatic heterocycles. The van der Waals surface area contributed by atoms with Gasteiger partial charge in [0.15, 0.2) is 0 Å². The van der Waals surface area contributed by atoms with Crippen LogP contribution in [0.2, 0.25) is 0 Å². The zero-order chi connectivity index (χ0) is 32.9. The number of benzene rings is 2. The molecule has 8 nitrogen and oxygen atoms in total. The molecule has 1 amide bonds. The number of aromatic nitrogens is 2. The second-order valence-corrected chi connectivity index (χ2v) is 14.7. The Morgan fingerprint density at radius 2 is 1.52 bits per heavy atom. The largest absolute Gasteiger partial charge is 0.458 e. The first-order chi connectivity index (χ1) is 20.3. The summed E-state index contributed by atoms with van der Waals surface area (Å²) in [7, 11) is 0. The van der Waals surface area contributed by atoms with Crippen molar-refractivity contribution < 1.29 is 19.1 Å². The second-order valence-electron chi connectivity index (χ2n) is 14.7. The van der Waals surface area contributed by atoms with Crippen LogP contribution < -0.4 is 10.6 Å². The number of hydrogen-bond acceptors (Lipinski definition) is 6. The molecular weight excluding hydrogens is 552 g/mol. The van der Waals surface area contributed by atoms with Crippen molar-refractivity contribution in [3.8, 4) is 5.69 Å². The predicted molar refractivity (Wildman–Crippen MR) is 176 cm³/mol. The van der Waals surface area contributed by atoms with E-state index in [-0.39, 0.29) is 11.5 Å². The molecule has 2 atom stereocenters. The molecule has 0 bridgehead atoms. The van der Waals surface area contributed by atoms with E-state index >= 15 is 0 Å². The lowest BCUT2D eigenvalue weighted by atomic mass is 9.81. The Kier molecular flexibility index (Phi) is 11.1. The third kappa shape index (κ3) is 10.5. The van der Waals surface area contributed by atoms with E-state index in [4.69, 9.17) is 14.6 Å². The predicted octanol–water partition coefficient (Wildman–Crippen LogP) is 7.38. The van der Waals surface area contributed by atoms with Crippen molar-refractivity contribution in [2.75, 3.05) is 6.54 Å². The summed E-state index contributed by atoms with van der Waals surface area (Å²) in [6.45, 7) is 22.0. The molecule has 0 fully saturated rings. The Bertz CT molecular complexity index is 1410. The summed E-state index contributed by atoms with van der Waals surface area (Å²) in [6.07, 6.45) is 2.48. The first kappa shape index (κ1) is 34.8. The Morgan fingerprint density at radius 3 is 2.11 bits per heavy atom. The summed E-state index contributed by atoms with van der Waals surface area (Å²) in [5.41, 5.74) is 5.04. The Labute approximate surface area is 263 Å². The van der Waals surface area contributed by atoms with E-state index in [9.17, 15) is 9.59 Å². The van der Waals surface area contributed by atoms with Crippen LogP contribution in [0.4, 0.5) is 4.79 Å². The van der Waals surface area contributed by atoms with Crippen LogP contribution in [0.25, 0.3) is 5.69 Å². The average molecular weight is 605 g/mol. The molecule has 3 rings (SSSR count). The molecule has 1 heterocycles. The van der Waals surface area contributed by atoms with Crippen molar-refractivity contribution in [2.45, 2.75) is 112 Å². The summed E-state index contributed by atoms with van der Waals surface area (Å²) < 4.78 is 13.1. The smallest absolute Gasteiger partial charge is 0.408 e. The lowest BCUT2D eigenvalue weighted by Gasteiger charge is -2.33. The van der Waals surface area contributed by atoms with E-state index in [1.165, 1.54) is 11.1 Å². The molecule has 2 aromatic carbocycles. The first-order valence-corrected chi connectivity index (χ1v) is 15.5. The number of esters is 1. The number of alkyl carbamates (subject to hydrolysis) is 1. The fraction of sp³-hybridized carbons (Fsp3) is 0.528. The molecule has 1 aromatic heterocycles. The fourth-order valence-corrected chi connectivity index (χ4v) is 5.01. The number of amides is 1. The molecular formula is C36H52N4O4. The maximum Gasteiger partial charge on any atom is 0.408 e. The third-order valence-electron chi connectivity index (χ3n) is 6.99. The van der Waals surface area contributed by atoms with Crippen LogP contribution in [0, 0.1) is 19.3 Å². The molecule has 0 aliphatic rings. The summed E-state index contributed by atoms with van der Waals surface area (Å²) in [4.78, 5) is 25.8. The maximum atomic E-state index is 13.1. The van der Waals surface area contributed by atoms with Crippen LogP contribution in [0.1, 0.15) is 103 Å². The van der Waals surface area contributed by atoms with Crippen LogP contribution in [0.15, 0.2) is 54.7 Å². The topological polar surface area (TPSA) is 94.5 Å². The standard InChI is InChI=1S/C36H52N4O4/c1-24-17-18-25(2)30(21-24)40-23-27(29(39-40)22-26-15-13-12-14-16-26)31(34(3,4)5)37-20-19-28(32(41)43-35(6,7)8)38-33(42)44-36(9,10)11/h12-18,21,23,28,31,37H,19-20,22H2,1-11H3,(H,38,42)/t28-,31-/m0/s1. The van der Waals surface area contributed by atoms with Gasteiger partial charge in [0.1, 0.15) is 17.2 Å². The summed E-state index contributed by atoms with van der Waals surface area (Å²) in [5, 5.41) is 11.6. The number of nitrogens with one attached hydrogen (secondary N) is 2. The van der Waals surface area contributed by atoms with Crippen LogP contribution in [0.3, 0.4) is 0 Å². The van der Waals surface area contributed by atoms with E-state index in [0.717, 1.165) is 22.5 Å². The van der Waals surface area contributed by atoms with Gasteiger partial charge in [-0.15, -0.1) is 0 Å². The van der Waals surface area contributed by atoms with E-state index in [1.54, 1.807) is 20.8 Å². The molecule has 0 saturated carbocycles. The van der Waals surface area contributed by atoms with Gasteiger partial charge in [0.05, 0.1) is 11.4 Å². The van der Waals surface area contributed by atoms with Crippen molar-refractivity contribution in [1.82, 2.24) is 20.4 Å². The number of nitrogens with zero attached hydrogens (tertiary/aromatic N) is 2. The molecule has 44 heavy (non-hydrogen) atoms. The number of hydrogen-bond donors (Lipinski definition) is 2. The van der Waals surface area contributed by atoms with Gasteiger partial charge < -0.3 is 20.1 Å². The zero-order valence-corrected chi connectivity index (χ0v) is 28.5. The normalized spacial score (nSPS) is 13.7. The van der Waals surface area contributed by atoms with Crippen molar-refractivity contribution in [3.63, 3.8) is 0 Å². The van der Waals surface area contributed by atoms with Crippen LogP contribution in [0.5, 0.6) is 0 Å². The van der Waals surface area contributed by atoms with E-state index in [0.29, 0.717) is 19.4 Å². The highest BCUT2D eigenvalue weighted by atomic mass is 16.6. The minimum atomic E-state index is -0.876. The third-order valence-corrected chi connectivity index (χ3v) is 6.99. The molecule has 240 valence electrons. The monoisotopic (exact) mass is 604 g/mol. The van der Waals surface area contributed by atoms with Crippen LogP contribution in [-0.2, 0) is 20.7 Å². The lowest BCUT2D eigenvalue weighted by Crippen LogP contribution is -2.47. The highest BCUT2D eigenvalue weighted by Crippen LogP contribution is 2.36. The van der Waals surface area contributed by atoms with Crippen LogP contribution in [-0.4, -0.2) is 45.6 Å². The van der Waals surface area contributed by atoms with E-state index in [1.807, 2.05) is 43.7 Å². The Hall–Kier alpha value is -3.65. The van der Waals surface area contributed by atoms with Crippen molar-refractivity contribution in [3.05, 3.63) is 82.7 Å². The SMILES string of the molecule is Cc1ccc(C)c(-n2cc([C@H](NCC[C@H](NC(=O)OC(C)(C)C)C(=O)OC(C)(C)C)C(C)(C)C)c(Cc3ccccc3)n2)c1. The quantitative estimate of drug-likeness (QED) is 0.235. The average Bonchev–Trinajstić information content (AvgIpc) is 3.27. The van der Waals surface area contributed by atoms with E-state index in [2.05, 4.69) is 81.8 Å². The molecule has 0 spiro atoms. The van der Waals surface area contributed by atoms with E-state index < -0.39 is 29.3 Å². The Balaban J connectivity index is 1.94. The minimum Gasteiger partial charge on any atom is -0.458 e. The van der Waals surface area contributed by atoms with Gasteiger partial charge in [0, 0.05) is 24.2 Å². The molecule has 8 heteroatoms. The molecule has 0 aliphatic carbocycles. The highest BCUT2D eigenvalue weighted by molar-refractivity contribution is 5.81. The highest BCUT2D eigenvalue weighted by Gasteiger charge is 2.32. The van der Waals surface area contributed by atoms with Gasteiger partial charge in [0.2, 0.25) is 0 Å². The van der Waals surface area contributed by atoms with Gasteiger partial charge in [-0.3, -0.25) is 0 Å². The Morgan fingerprint density at radius 1 is 0.886 bits per heavy atom. The number of aryl methyl sites for hydroxylation is 2. The van der Waals surface area contributed by atoms with Gasteiger partial charge in [0.25, 0.3) is 0 Å². The first-order valence-electron chi connectivity index (χ1n) is 15.5. The van der Waals surface area contributed by atoms with Gasteiger partial charge >= 0.3 is 12.1 Å². The van der Waals surface area contributed by atoms with Gasteiger partial charge in [-0.25, -0.2) is 14.3 Å². The summed E-state index contributed by atoms with van der Waals surface area (Å²) in [6, 6.07) is 15.8. The molecule has 3 aromatic rings. The second kappa shape index (κ2) is 14.0. The lowest BCUT2D eigenvalue weighted by molar-refractivity contribution is -0.157. The summed E-state index contributed by atoms with van der Waals surface area (Å²) >= 11 is 0. The molecule has 2 N–H and O–H groups in total. The van der Waals surface area contributed by atoms with Crippen molar-refractivity contribution >= 4 is 12.1 Å². The van der Waals surface area contributed by atoms with Crippen LogP contribution >= 0.6 is 0 Å². The minimum absolute atomic E-state index is 0.0964. The number of carbonyl (C=O) groups is 2. The number of carbonyl (C=O) groups excluding carboxylic acids is 2. The van der Waals surface area contributed by atoms with Gasteiger partial charge in [-0.2, -0.15) is 5.10 Å². The molecule has 0 saturated heterocycles.